The smallest absolute Gasteiger partial charge is 0.220 e. The van der Waals surface area contributed by atoms with Crippen molar-refractivity contribution in [3.05, 3.63) is 48.3 Å². The predicted molar refractivity (Wildman–Crippen MR) is 89.9 cm³/mol. The van der Waals surface area contributed by atoms with E-state index in [9.17, 15) is 9.90 Å². The van der Waals surface area contributed by atoms with Crippen LogP contribution in [0.5, 0.6) is 0 Å². The minimum atomic E-state index is -0.827. The molecule has 0 aliphatic carbocycles. The van der Waals surface area contributed by atoms with Crippen molar-refractivity contribution in [1.82, 2.24) is 15.1 Å². The molecular formula is C18H23N3O3. The van der Waals surface area contributed by atoms with Gasteiger partial charge in [0.25, 0.3) is 0 Å². The van der Waals surface area contributed by atoms with Crippen molar-refractivity contribution in [2.24, 2.45) is 0 Å². The normalized spacial score (nSPS) is 16.7. The molecule has 0 atom stereocenters. The van der Waals surface area contributed by atoms with Gasteiger partial charge in [0.1, 0.15) is 0 Å². The van der Waals surface area contributed by atoms with Crippen LogP contribution in [0.15, 0.2) is 42.7 Å². The molecule has 0 spiro atoms. The number of aromatic nitrogens is 2. The molecule has 128 valence electrons. The number of para-hydroxylation sites is 1. The number of hydrogen-bond donors (Lipinski definition) is 2. The fourth-order valence-electron chi connectivity index (χ4n) is 2.75. The van der Waals surface area contributed by atoms with E-state index in [0.29, 0.717) is 45.4 Å². The molecule has 1 aromatic carbocycles. The van der Waals surface area contributed by atoms with E-state index in [4.69, 9.17) is 4.74 Å². The van der Waals surface area contributed by atoms with Gasteiger partial charge in [-0.25, -0.2) is 4.68 Å². The Hall–Kier alpha value is -2.18. The summed E-state index contributed by atoms with van der Waals surface area (Å²) in [6.07, 6.45) is 5.86. The standard InChI is InChI=1S/C18H23N3O3/c22-17(19-14-18(23)8-10-24-11-9-18)7-6-15-12-20-21(13-15)16-4-2-1-3-5-16/h1-5,12-13,23H,6-11,14H2,(H,19,22). The molecule has 24 heavy (non-hydrogen) atoms. The van der Waals surface area contributed by atoms with Gasteiger partial charge < -0.3 is 15.2 Å². The molecule has 0 unspecified atom stereocenters. The third-order valence-corrected chi connectivity index (χ3v) is 4.34. The van der Waals surface area contributed by atoms with Crippen LogP contribution in [0.4, 0.5) is 0 Å². The second-order valence-electron chi connectivity index (χ2n) is 6.24. The van der Waals surface area contributed by atoms with Crippen LogP contribution in [0, 0.1) is 0 Å². The Morgan fingerprint density at radius 2 is 2.04 bits per heavy atom. The summed E-state index contributed by atoms with van der Waals surface area (Å²) in [5, 5.41) is 17.5. The Balaban J connectivity index is 1.46. The lowest BCUT2D eigenvalue weighted by atomic mass is 9.94. The number of aryl methyl sites for hydroxylation is 1. The number of rotatable bonds is 6. The molecule has 6 heteroatoms. The first-order valence-electron chi connectivity index (χ1n) is 8.30. The van der Waals surface area contributed by atoms with E-state index in [2.05, 4.69) is 10.4 Å². The molecule has 1 saturated heterocycles. The number of carbonyl (C=O) groups is 1. The maximum atomic E-state index is 12.0. The summed E-state index contributed by atoms with van der Waals surface area (Å²) in [5.74, 6) is -0.0534. The first-order chi connectivity index (χ1) is 11.6. The highest BCUT2D eigenvalue weighted by Gasteiger charge is 2.29. The fraction of sp³-hybridized carbons (Fsp3) is 0.444. The van der Waals surface area contributed by atoms with Crippen LogP contribution >= 0.6 is 0 Å². The van der Waals surface area contributed by atoms with Gasteiger partial charge in [-0.1, -0.05) is 18.2 Å². The molecule has 2 aromatic rings. The van der Waals surface area contributed by atoms with Gasteiger partial charge in [-0.3, -0.25) is 4.79 Å². The molecule has 1 aromatic heterocycles. The average Bonchev–Trinajstić information content (AvgIpc) is 3.09. The zero-order valence-electron chi connectivity index (χ0n) is 13.6. The van der Waals surface area contributed by atoms with Gasteiger partial charge in [-0.15, -0.1) is 0 Å². The predicted octanol–water partition coefficient (Wildman–Crippen LogP) is 1.46. The molecule has 0 radical (unpaired) electrons. The van der Waals surface area contributed by atoms with Crippen molar-refractivity contribution in [2.45, 2.75) is 31.3 Å². The quantitative estimate of drug-likeness (QED) is 0.841. The summed E-state index contributed by atoms with van der Waals surface area (Å²) in [6, 6.07) is 9.86. The lowest BCUT2D eigenvalue weighted by molar-refractivity contribution is -0.123. The molecule has 6 nitrogen and oxygen atoms in total. The summed E-state index contributed by atoms with van der Waals surface area (Å²) in [6.45, 7) is 1.38. The number of aliphatic hydroxyl groups is 1. The van der Waals surface area contributed by atoms with E-state index in [-0.39, 0.29) is 5.91 Å². The largest absolute Gasteiger partial charge is 0.388 e. The Labute approximate surface area is 141 Å². The molecule has 1 aliphatic heterocycles. The monoisotopic (exact) mass is 329 g/mol. The second-order valence-corrected chi connectivity index (χ2v) is 6.24. The lowest BCUT2D eigenvalue weighted by Crippen LogP contribution is -2.46. The van der Waals surface area contributed by atoms with Crippen molar-refractivity contribution >= 4 is 5.91 Å². The van der Waals surface area contributed by atoms with Crippen molar-refractivity contribution in [3.8, 4) is 5.69 Å². The molecule has 0 bridgehead atoms. The summed E-state index contributed by atoms with van der Waals surface area (Å²) >= 11 is 0. The molecule has 1 aliphatic rings. The zero-order valence-corrected chi connectivity index (χ0v) is 13.6. The van der Waals surface area contributed by atoms with E-state index >= 15 is 0 Å². The highest BCUT2D eigenvalue weighted by atomic mass is 16.5. The summed E-state index contributed by atoms with van der Waals surface area (Å²) in [7, 11) is 0. The molecular weight excluding hydrogens is 306 g/mol. The number of nitrogens with one attached hydrogen (secondary N) is 1. The van der Waals surface area contributed by atoms with Crippen LogP contribution in [0.25, 0.3) is 5.69 Å². The molecule has 3 rings (SSSR count). The van der Waals surface area contributed by atoms with Crippen LogP contribution < -0.4 is 5.32 Å². The maximum absolute atomic E-state index is 12.0. The summed E-state index contributed by atoms with van der Waals surface area (Å²) in [5.41, 5.74) is 1.18. The average molecular weight is 329 g/mol. The molecule has 1 fully saturated rings. The van der Waals surface area contributed by atoms with Gasteiger partial charge in [-0.2, -0.15) is 5.10 Å². The third-order valence-electron chi connectivity index (χ3n) is 4.34. The Morgan fingerprint density at radius 1 is 1.29 bits per heavy atom. The topological polar surface area (TPSA) is 76.4 Å². The SMILES string of the molecule is O=C(CCc1cnn(-c2ccccc2)c1)NCC1(O)CCOCC1. The lowest BCUT2D eigenvalue weighted by Gasteiger charge is -2.32. The number of ether oxygens (including phenoxy) is 1. The van der Waals surface area contributed by atoms with Crippen molar-refractivity contribution in [2.75, 3.05) is 19.8 Å². The highest BCUT2D eigenvalue weighted by Crippen LogP contribution is 2.19. The van der Waals surface area contributed by atoms with Crippen molar-refractivity contribution < 1.29 is 14.6 Å². The van der Waals surface area contributed by atoms with E-state index in [1.165, 1.54) is 0 Å². The van der Waals surface area contributed by atoms with Crippen LogP contribution in [-0.4, -0.2) is 46.2 Å². The van der Waals surface area contributed by atoms with E-state index in [1.54, 1.807) is 10.9 Å². The first kappa shape index (κ1) is 16.7. The van der Waals surface area contributed by atoms with Gasteiger partial charge in [0.15, 0.2) is 0 Å². The van der Waals surface area contributed by atoms with E-state index in [0.717, 1.165) is 11.3 Å². The van der Waals surface area contributed by atoms with Crippen LogP contribution in [0.1, 0.15) is 24.8 Å². The number of hydrogen-bond acceptors (Lipinski definition) is 4. The van der Waals surface area contributed by atoms with Gasteiger partial charge in [0.2, 0.25) is 5.91 Å². The van der Waals surface area contributed by atoms with Gasteiger partial charge in [0, 0.05) is 45.2 Å². The minimum absolute atomic E-state index is 0.0534. The van der Waals surface area contributed by atoms with Gasteiger partial charge in [0.05, 0.1) is 17.5 Å². The summed E-state index contributed by atoms with van der Waals surface area (Å²) in [4.78, 5) is 12.0. The minimum Gasteiger partial charge on any atom is -0.388 e. The van der Waals surface area contributed by atoms with Crippen LogP contribution in [0.2, 0.25) is 0 Å². The Kier molecular flexibility index (Phi) is 5.27. The zero-order chi connectivity index (χ0) is 16.8. The Bertz CT molecular complexity index is 663. The third kappa shape index (κ3) is 4.43. The highest BCUT2D eigenvalue weighted by molar-refractivity contribution is 5.76. The fourth-order valence-corrected chi connectivity index (χ4v) is 2.75. The maximum Gasteiger partial charge on any atom is 0.220 e. The van der Waals surface area contributed by atoms with Crippen LogP contribution in [-0.2, 0) is 16.0 Å². The number of amides is 1. The number of carbonyl (C=O) groups excluding carboxylic acids is 1. The summed E-state index contributed by atoms with van der Waals surface area (Å²) < 4.78 is 7.04. The van der Waals surface area contributed by atoms with Crippen molar-refractivity contribution in [1.29, 1.82) is 0 Å². The Morgan fingerprint density at radius 3 is 2.79 bits per heavy atom. The van der Waals surface area contributed by atoms with Gasteiger partial charge >= 0.3 is 0 Å². The molecule has 2 N–H and O–H groups in total. The van der Waals surface area contributed by atoms with E-state index in [1.807, 2.05) is 36.5 Å². The van der Waals surface area contributed by atoms with Crippen molar-refractivity contribution in [3.63, 3.8) is 0 Å². The second kappa shape index (κ2) is 7.59. The molecule has 1 amide bonds. The molecule has 0 saturated carbocycles. The number of benzene rings is 1. The van der Waals surface area contributed by atoms with E-state index < -0.39 is 5.60 Å². The number of nitrogens with zero attached hydrogens (tertiary/aromatic N) is 2. The van der Waals surface area contributed by atoms with Gasteiger partial charge in [-0.05, 0) is 24.1 Å². The molecule has 2 heterocycles. The van der Waals surface area contributed by atoms with Crippen LogP contribution in [0.3, 0.4) is 0 Å². The first-order valence-corrected chi connectivity index (χ1v) is 8.30.